The maximum Gasteiger partial charge on any atom is 0.0344 e. The highest BCUT2D eigenvalue weighted by molar-refractivity contribution is 4.97. The van der Waals surface area contributed by atoms with Gasteiger partial charge in [0.15, 0.2) is 0 Å². The Balaban J connectivity index is 1.74. The number of likely N-dealkylation sites (N-methyl/N-ethyl adjacent to an activating group) is 1. The predicted molar refractivity (Wildman–Crippen MR) is 54.6 cm³/mol. The molecule has 0 aromatic rings. The van der Waals surface area contributed by atoms with Gasteiger partial charge in [-0.25, -0.2) is 0 Å². The molecule has 13 heavy (non-hydrogen) atoms. The topological polar surface area (TPSA) is 32.5 Å². The Morgan fingerprint density at radius 3 is 2.38 bits per heavy atom. The van der Waals surface area contributed by atoms with Gasteiger partial charge in [-0.3, -0.25) is 4.90 Å². The molecule has 0 spiro atoms. The van der Waals surface area contributed by atoms with Crippen LogP contribution in [0.2, 0.25) is 0 Å². The summed E-state index contributed by atoms with van der Waals surface area (Å²) >= 11 is 0. The van der Waals surface area contributed by atoms with Crippen LogP contribution in [0.4, 0.5) is 0 Å². The van der Waals surface area contributed by atoms with Crippen LogP contribution in [-0.2, 0) is 0 Å². The summed E-state index contributed by atoms with van der Waals surface area (Å²) in [5.41, 5.74) is 5.70. The zero-order valence-electron chi connectivity index (χ0n) is 8.74. The average Bonchev–Trinajstić information content (AvgIpc) is 1.93. The van der Waals surface area contributed by atoms with Crippen molar-refractivity contribution in [1.29, 1.82) is 0 Å². The summed E-state index contributed by atoms with van der Waals surface area (Å²) in [5.74, 6) is 0.795. The van der Waals surface area contributed by atoms with Crippen LogP contribution in [0.1, 0.15) is 12.8 Å². The van der Waals surface area contributed by atoms with Gasteiger partial charge >= 0.3 is 0 Å². The first-order valence-corrected chi connectivity index (χ1v) is 5.33. The minimum atomic E-state index is 0.791. The number of hydrogen-bond donors (Lipinski definition) is 1. The number of nitrogens with zero attached hydrogens (tertiary/aromatic N) is 2. The lowest BCUT2D eigenvalue weighted by molar-refractivity contribution is -0.0299. The number of nitrogens with two attached hydrogens (primary N) is 1. The highest BCUT2D eigenvalue weighted by Gasteiger charge is 2.40. The quantitative estimate of drug-likeness (QED) is 0.667. The Morgan fingerprint density at radius 1 is 1.31 bits per heavy atom. The number of rotatable bonds is 3. The molecule has 1 saturated heterocycles. The number of hydrogen-bond acceptors (Lipinski definition) is 3. The van der Waals surface area contributed by atoms with E-state index in [-0.39, 0.29) is 0 Å². The van der Waals surface area contributed by atoms with Crippen molar-refractivity contribution in [3.05, 3.63) is 0 Å². The van der Waals surface area contributed by atoms with Crippen molar-refractivity contribution in [3.8, 4) is 0 Å². The van der Waals surface area contributed by atoms with E-state index in [4.69, 9.17) is 5.73 Å². The first-order valence-electron chi connectivity index (χ1n) is 5.33. The molecule has 2 aliphatic rings. The van der Waals surface area contributed by atoms with Crippen molar-refractivity contribution >= 4 is 0 Å². The average molecular weight is 183 g/mol. The van der Waals surface area contributed by atoms with Crippen molar-refractivity contribution in [2.24, 2.45) is 11.7 Å². The summed E-state index contributed by atoms with van der Waals surface area (Å²) in [7, 11) is 4.34. The fourth-order valence-corrected chi connectivity index (χ4v) is 2.39. The lowest BCUT2D eigenvalue weighted by Gasteiger charge is -2.53. The van der Waals surface area contributed by atoms with Crippen LogP contribution in [0.5, 0.6) is 0 Å². The molecule has 0 bridgehead atoms. The molecular weight excluding hydrogens is 162 g/mol. The van der Waals surface area contributed by atoms with E-state index in [0.717, 1.165) is 24.5 Å². The highest BCUT2D eigenvalue weighted by Crippen LogP contribution is 2.34. The SMILES string of the molecule is CN(C)C1CN(C2CCC2CN)C1. The van der Waals surface area contributed by atoms with Crippen molar-refractivity contribution < 1.29 is 0 Å². The Kier molecular flexibility index (Phi) is 2.58. The second-order valence-electron chi connectivity index (χ2n) is 4.71. The standard InChI is InChI=1S/C10H21N3/c1-12(2)9-6-13(7-9)10-4-3-8(10)5-11/h8-10H,3-7,11H2,1-2H3. The molecule has 2 rings (SSSR count). The lowest BCUT2D eigenvalue weighted by Crippen LogP contribution is -2.64. The monoisotopic (exact) mass is 183 g/mol. The molecular formula is C10H21N3. The molecule has 2 fully saturated rings. The van der Waals surface area contributed by atoms with Gasteiger partial charge in [0.2, 0.25) is 0 Å². The van der Waals surface area contributed by atoms with Gasteiger partial charge in [-0.1, -0.05) is 0 Å². The van der Waals surface area contributed by atoms with Crippen LogP contribution in [0.25, 0.3) is 0 Å². The summed E-state index contributed by atoms with van der Waals surface area (Å²) in [6.07, 6.45) is 2.73. The van der Waals surface area contributed by atoms with E-state index >= 15 is 0 Å². The fourth-order valence-electron chi connectivity index (χ4n) is 2.39. The molecule has 1 aliphatic carbocycles. The minimum absolute atomic E-state index is 0.791. The van der Waals surface area contributed by atoms with E-state index in [1.807, 2.05) is 0 Å². The molecule has 0 radical (unpaired) electrons. The molecule has 1 saturated carbocycles. The van der Waals surface area contributed by atoms with Crippen LogP contribution in [0.3, 0.4) is 0 Å². The summed E-state index contributed by atoms with van der Waals surface area (Å²) in [4.78, 5) is 4.93. The van der Waals surface area contributed by atoms with Crippen molar-refractivity contribution in [2.45, 2.75) is 24.9 Å². The third-order valence-electron chi connectivity index (χ3n) is 3.77. The van der Waals surface area contributed by atoms with Crippen LogP contribution < -0.4 is 5.73 Å². The van der Waals surface area contributed by atoms with Gasteiger partial charge < -0.3 is 10.6 Å². The lowest BCUT2D eigenvalue weighted by atomic mass is 9.77. The summed E-state index contributed by atoms with van der Waals surface area (Å²) < 4.78 is 0. The van der Waals surface area contributed by atoms with Gasteiger partial charge in [-0.15, -0.1) is 0 Å². The van der Waals surface area contributed by atoms with Crippen LogP contribution >= 0.6 is 0 Å². The predicted octanol–water partition coefficient (Wildman–Crippen LogP) is -0.0305. The van der Waals surface area contributed by atoms with Gasteiger partial charge in [0.1, 0.15) is 0 Å². The molecule has 3 heteroatoms. The maximum atomic E-state index is 5.70. The number of likely N-dealkylation sites (tertiary alicyclic amines) is 1. The fraction of sp³-hybridized carbons (Fsp3) is 1.00. The van der Waals surface area contributed by atoms with Crippen LogP contribution in [-0.4, -0.2) is 55.6 Å². The Labute approximate surface area is 80.9 Å². The second-order valence-corrected chi connectivity index (χ2v) is 4.71. The van der Waals surface area contributed by atoms with Gasteiger partial charge in [-0.2, -0.15) is 0 Å². The smallest absolute Gasteiger partial charge is 0.0344 e. The summed E-state index contributed by atoms with van der Waals surface area (Å²) in [6.45, 7) is 3.40. The van der Waals surface area contributed by atoms with Gasteiger partial charge in [0, 0.05) is 25.2 Å². The largest absolute Gasteiger partial charge is 0.330 e. The van der Waals surface area contributed by atoms with E-state index in [1.54, 1.807) is 0 Å². The zero-order chi connectivity index (χ0) is 9.42. The van der Waals surface area contributed by atoms with Crippen molar-refractivity contribution in [1.82, 2.24) is 9.80 Å². The molecule has 2 N–H and O–H groups in total. The minimum Gasteiger partial charge on any atom is -0.330 e. The van der Waals surface area contributed by atoms with Crippen molar-refractivity contribution in [2.75, 3.05) is 33.7 Å². The van der Waals surface area contributed by atoms with Gasteiger partial charge in [0.25, 0.3) is 0 Å². The molecule has 0 aromatic heterocycles. The zero-order valence-corrected chi connectivity index (χ0v) is 8.74. The highest BCUT2D eigenvalue weighted by atomic mass is 15.3. The molecule has 0 aromatic carbocycles. The van der Waals surface area contributed by atoms with Gasteiger partial charge in [-0.05, 0) is 39.4 Å². The molecule has 1 aliphatic heterocycles. The van der Waals surface area contributed by atoms with E-state index in [2.05, 4.69) is 23.9 Å². The second kappa shape index (κ2) is 3.56. The first kappa shape index (κ1) is 9.44. The van der Waals surface area contributed by atoms with E-state index in [1.165, 1.54) is 25.9 Å². The van der Waals surface area contributed by atoms with Crippen LogP contribution in [0.15, 0.2) is 0 Å². The first-order chi connectivity index (χ1) is 6.22. The van der Waals surface area contributed by atoms with Gasteiger partial charge in [0.05, 0.1) is 0 Å². The molecule has 2 atom stereocenters. The summed E-state index contributed by atoms with van der Waals surface area (Å²) in [5, 5.41) is 0. The molecule has 1 heterocycles. The molecule has 2 unspecified atom stereocenters. The summed E-state index contributed by atoms with van der Waals surface area (Å²) in [6, 6.07) is 1.61. The Morgan fingerprint density at radius 2 is 2.00 bits per heavy atom. The molecule has 3 nitrogen and oxygen atoms in total. The third-order valence-corrected chi connectivity index (χ3v) is 3.77. The third kappa shape index (κ3) is 1.60. The van der Waals surface area contributed by atoms with E-state index < -0.39 is 0 Å². The Bertz CT molecular complexity index is 173. The van der Waals surface area contributed by atoms with E-state index in [9.17, 15) is 0 Å². The Hall–Kier alpha value is -0.120. The van der Waals surface area contributed by atoms with E-state index in [0.29, 0.717) is 0 Å². The molecule has 0 amide bonds. The van der Waals surface area contributed by atoms with Crippen molar-refractivity contribution in [3.63, 3.8) is 0 Å². The maximum absolute atomic E-state index is 5.70. The molecule has 76 valence electrons. The van der Waals surface area contributed by atoms with Crippen LogP contribution in [0, 0.1) is 5.92 Å². The normalized spacial score (nSPS) is 36.0.